The average molecular weight is 357 g/mol. The molecule has 5 nitrogen and oxygen atoms in total. The topological polar surface area (TPSA) is 67.0 Å². The number of aryl methyl sites for hydroxylation is 1. The number of pyridine rings is 1. The highest BCUT2D eigenvalue weighted by Gasteiger charge is 2.12. The monoisotopic (exact) mass is 357 g/mol. The molecule has 0 bridgehead atoms. The van der Waals surface area contributed by atoms with Gasteiger partial charge in [0.15, 0.2) is 0 Å². The van der Waals surface area contributed by atoms with Crippen LogP contribution in [0.5, 0.6) is 11.5 Å². The molecule has 2 aromatic heterocycles. The fourth-order valence-electron chi connectivity index (χ4n) is 3.08. The molecule has 0 fully saturated rings. The van der Waals surface area contributed by atoms with Gasteiger partial charge in [0.1, 0.15) is 11.5 Å². The molecule has 0 aliphatic rings. The zero-order chi connectivity index (χ0) is 18.6. The molecule has 1 amide bonds. The Morgan fingerprint density at radius 1 is 1.04 bits per heavy atom. The minimum absolute atomic E-state index is 0.0521. The molecule has 0 aliphatic carbocycles. The normalized spacial score (nSPS) is 10.7. The van der Waals surface area contributed by atoms with Gasteiger partial charge in [-0.15, -0.1) is 0 Å². The lowest BCUT2D eigenvalue weighted by Gasteiger charge is -2.08. The number of amides is 1. The summed E-state index contributed by atoms with van der Waals surface area (Å²) in [5.41, 5.74) is 3.83. The fraction of sp³-hybridized carbons (Fsp3) is 0.0909. The lowest BCUT2D eigenvalue weighted by Crippen LogP contribution is -2.14. The molecule has 27 heavy (non-hydrogen) atoms. The van der Waals surface area contributed by atoms with E-state index in [0.717, 1.165) is 27.8 Å². The van der Waals surface area contributed by atoms with Crippen molar-refractivity contribution >= 4 is 22.5 Å². The zero-order valence-electron chi connectivity index (χ0n) is 14.9. The Bertz CT molecular complexity index is 1070. The first-order valence-corrected chi connectivity index (χ1v) is 8.73. The van der Waals surface area contributed by atoms with Crippen LogP contribution in [0.1, 0.15) is 11.3 Å². The van der Waals surface area contributed by atoms with E-state index in [9.17, 15) is 4.79 Å². The Morgan fingerprint density at radius 2 is 1.85 bits per heavy atom. The predicted molar refractivity (Wildman–Crippen MR) is 106 cm³/mol. The van der Waals surface area contributed by atoms with Gasteiger partial charge in [-0.1, -0.05) is 18.2 Å². The number of carbonyl (C=O) groups is 1. The predicted octanol–water partition coefficient (Wildman–Crippen LogP) is 4.84. The Kier molecular flexibility index (Phi) is 4.58. The maximum absolute atomic E-state index is 12.5. The summed E-state index contributed by atoms with van der Waals surface area (Å²) in [5, 5.41) is 4.03. The smallest absolute Gasteiger partial charge is 0.228 e. The van der Waals surface area contributed by atoms with Crippen LogP contribution in [0.25, 0.3) is 10.9 Å². The van der Waals surface area contributed by atoms with Gasteiger partial charge in [0, 0.05) is 28.5 Å². The van der Waals surface area contributed by atoms with E-state index in [4.69, 9.17) is 4.74 Å². The van der Waals surface area contributed by atoms with Crippen LogP contribution >= 0.6 is 0 Å². The molecule has 0 unspecified atom stereocenters. The van der Waals surface area contributed by atoms with Crippen molar-refractivity contribution in [1.29, 1.82) is 0 Å². The van der Waals surface area contributed by atoms with Crippen molar-refractivity contribution < 1.29 is 9.53 Å². The van der Waals surface area contributed by atoms with E-state index in [1.807, 2.05) is 67.6 Å². The molecular weight excluding hydrogens is 338 g/mol. The van der Waals surface area contributed by atoms with E-state index in [-0.39, 0.29) is 5.91 Å². The van der Waals surface area contributed by atoms with Crippen LogP contribution in [0, 0.1) is 6.92 Å². The first-order chi connectivity index (χ1) is 13.2. The fourth-order valence-corrected chi connectivity index (χ4v) is 3.08. The second-order valence-electron chi connectivity index (χ2n) is 6.31. The SMILES string of the molecule is Cc1[nH]c2ccccc2c1CC(=O)Nc1ccc(Oc2cccnc2)cc1. The number of hydrogen-bond donors (Lipinski definition) is 2. The Balaban J connectivity index is 1.43. The number of anilines is 1. The first kappa shape index (κ1) is 16.8. The molecule has 0 atom stereocenters. The lowest BCUT2D eigenvalue weighted by atomic mass is 10.1. The summed E-state index contributed by atoms with van der Waals surface area (Å²) in [5.74, 6) is 1.31. The highest BCUT2D eigenvalue weighted by atomic mass is 16.5. The third-order valence-corrected chi connectivity index (χ3v) is 4.37. The van der Waals surface area contributed by atoms with Gasteiger partial charge in [-0.3, -0.25) is 9.78 Å². The van der Waals surface area contributed by atoms with Gasteiger partial charge in [0.25, 0.3) is 0 Å². The molecule has 0 spiro atoms. The van der Waals surface area contributed by atoms with E-state index in [1.165, 1.54) is 0 Å². The highest BCUT2D eigenvalue weighted by Crippen LogP contribution is 2.24. The summed E-state index contributed by atoms with van der Waals surface area (Å²) in [6, 6.07) is 19.0. The van der Waals surface area contributed by atoms with Gasteiger partial charge in [-0.2, -0.15) is 0 Å². The largest absolute Gasteiger partial charge is 0.456 e. The molecule has 0 saturated carbocycles. The first-order valence-electron chi connectivity index (χ1n) is 8.73. The van der Waals surface area contributed by atoms with E-state index in [0.29, 0.717) is 17.9 Å². The molecule has 5 heteroatoms. The molecule has 0 radical (unpaired) electrons. The van der Waals surface area contributed by atoms with Gasteiger partial charge >= 0.3 is 0 Å². The van der Waals surface area contributed by atoms with E-state index in [2.05, 4.69) is 15.3 Å². The maximum atomic E-state index is 12.5. The van der Waals surface area contributed by atoms with Gasteiger partial charge in [0.2, 0.25) is 5.91 Å². The number of hydrogen-bond acceptors (Lipinski definition) is 3. The number of carbonyl (C=O) groups excluding carboxylic acids is 1. The van der Waals surface area contributed by atoms with Crippen molar-refractivity contribution in [2.24, 2.45) is 0 Å². The molecular formula is C22H19N3O2. The van der Waals surface area contributed by atoms with Crippen molar-refractivity contribution in [3.63, 3.8) is 0 Å². The minimum atomic E-state index is -0.0521. The van der Waals surface area contributed by atoms with E-state index in [1.54, 1.807) is 12.4 Å². The lowest BCUT2D eigenvalue weighted by molar-refractivity contribution is -0.115. The number of nitrogens with one attached hydrogen (secondary N) is 2. The number of H-pyrrole nitrogens is 1. The summed E-state index contributed by atoms with van der Waals surface area (Å²) in [6.45, 7) is 1.99. The number of para-hydroxylation sites is 1. The Hall–Kier alpha value is -3.60. The van der Waals surface area contributed by atoms with Gasteiger partial charge < -0.3 is 15.0 Å². The molecule has 0 aliphatic heterocycles. The minimum Gasteiger partial charge on any atom is -0.456 e. The number of ether oxygens (including phenoxy) is 1. The summed E-state index contributed by atoms with van der Waals surface area (Å²) in [4.78, 5) is 19.8. The van der Waals surface area contributed by atoms with Gasteiger partial charge in [-0.25, -0.2) is 0 Å². The van der Waals surface area contributed by atoms with Crippen LogP contribution in [-0.4, -0.2) is 15.9 Å². The maximum Gasteiger partial charge on any atom is 0.228 e. The van der Waals surface area contributed by atoms with Crippen LogP contribution < -0.4 is 10.1 Å². The highest BCUT2D eigenvalue weighted by molar-refractivity contribution is 5.96. The molecule has 2 N–H and O–H groups in total. The van der Waals surface area contributed by atoms with Crippen molar-refractivity contribution in [2.75, 3.05) is 5.32 Å². The van der Waals surface area contributed by atoms with Crippen LogP contribution in [0.2, 0.25) is 0 Å². The molecule has 0 saturated heterocycles. The van der Waals surface area contributed by atoms with Crippen LogP contribution in [-0.2, 0) is 11.2 Å². The van der Waals surface area contributed by atoms with Crippen molar-refractivity contribution in [2.45, 2.75) is 13.3 Å². The van der Waals surface area contributed by atoms with Gasteiger partial charge in [-0.05, 0) is 55.0 Å². The number of nitrogens with zero attached hydrogens (tertiary/aromatic N) is 1. The second-order valence-corrected chi connectivity index (χ2v) is 6.31. The molecule has 4 rings (SSSR count). The van der Waals surface area contributed by atoms with Crippen LogP contribution in [0.3, 0.4) is 0 Å². The summed E-state index contributed by atoms with van der Waals surface area (Å²) >= 11 is 0. The quantitative estimate of drug-likeness (QED) is 0.537. The van der Waals surface area contributed by atoms with E-state index < -0.39 is 0 Å². The molecule has 2 heterocycles. The Labute approximate surface area is 157 Å². The number of aromatic nitrogens is 2. The van der Waals surface area contributed by atoms with Crippen LogP contribution in [0.4, 0.5) is 5.69 Å². The molecule has 4 aromatic rings. The number of benzene rings is 2. The second kappa shape index (κ2) is 7.33. The van der Waals surface area contributed by atoms with Gasteiger partial charge in [0.05, 0.1) is 12.6 Å². The molecule has 2 aromatic carbocycles. The number of rotatable bonds is 5. The third-order valence-electron chi connectivity index (χ3n) is 4.37. The van der Waals surface area contributed by atoms with Crippen molar-refractivity contribution in [3.05, 3.63) is 84.3 Å². The molecule has 134 valence electrons. The summed E-state index contributed by atoms with van der Waals surface area (Å²) in [7, 11) is 0. The number of aromatic amines is 1. The third kappa shape index (κ3) is 3.82. The zero-order valence-corrected chi connectivity index (χ0v) is 14.9. The summed E-state index contributed by atoms with van der Waals surface area (Å²) < 4.78 is 5.71. The van der Waals surface area contributed by atoms with Crippen molar-refractivity contribution in [1.82, 2.24) is 9.97 Å². The van der Waals surface area contributed by atoms with Crippen LogP contribution in [0.15, 0.2) is 73.1 Å². The Morgan fingerprint density at radius 3 is 2.63 bits per heavy atom. The van der Waals surface area contributed by atoms with Crippen molar-refractivity contribution in [3.8, 4) is 11.5 Å². The summed E-state index contributed by atoms with van der Waals surface area (Å²) in [6.07, 6.45) is 3.67. The average Bonchev–Trinajstić information content (AvgIpc) is 2.99. The standard InChI is InChI=1S/C22H19N3O2/c1-15-20(19-6-2-3-7-21(19)24-15)13-22(26)25-16-8-10-17(11-9-16)27-18-5-4-12-23-14-18/h2-12,14,24H,13H2,1H3,(H,25,26). The number of fused-ring (bicyclic) bond motifs is 1. The van der Waals surface area contributed by atoms with E-state index >= 15 is 0 Å².